The van der Waals surface area contributed by atoms with Gasteiger partial charge in [0, 0.05) is 0 Å². The quantitative estimate of drug-likeness (QED) is 0.444. The zero-order chi connectivity index (χ0) is 9.80. The summed E-state index contributed by atoms with van der Waals surface area (Å²) in [5, 5.41) is 0. The molecular weight excluding hydrogens is 234 g/mol. The first-order valence-corrected chi connectivity index (χ1v) is 4.93. The Bertz CT molecular complexity index is 385. The van der Waals surface area contributed by atoms with E-state index >= 15 is 0 Å². The number of benzene rings is 2. The molecule has 0 aliphatic carbocycles. The predicted molar refractivity (Wildman–Crippen MR) is 78.0 cm³/mol. The predicted octanol–water partition coefficient (Wildman–Crippen LogP) is 2.16. The van der Waals surface area contributed by atoms with Crippen LogP contribution in [0.4, 0.5) is 0 Å². The third-order valence-electron chi connectivity index (χ3n) is 2.07. The van der Waals surface area contributed by atoms with E-state index in [4.69, 9.17) is 12.2 Å². The Labute approximate surface area is 146 Å². The van der Waals surface area contributed by atoms with Gasteiger partial charge in [0.05, 0.1) is 4.86 Å². The molecule has 0 N–H and O–H groups in total. The number of hydrogen-bond donors (Lipinski definition) is 0. The molecule has 0 fully saturated rings. The minimum atomic E-state index is 0. The zero-order valence-electron chi connectivity index (χ0n) is 7.68. The molecule has 0 bridgehead atoms. The molecule has 72 valence electrons. The molecule has 3 heteroatoms. The molecule has 2 aromatic rings. The van der Waals surface area contributed by atoms with Crippen LogP contribution in [0, 0.1) is 0 Å². The fourth-order valence-corrected chi connectivity index (χ4v) is 1.62. The molecule has 0 amide bonds. The maximum absolute atomic E-state index is 5.39. The van der Waals surface area contributed by atoms with Gasteiger partial charge in [-0.15, -0.1) is 0 Å². The van der Waals surface area contributed by atoms with Crippen LogP contribution in [0.2, 0.25) is 0 Å². The van der Waals surface area contributed by atoms with Crippen LogP contribution >= 0.6 is 12.2 Å². The number of thiocarbonyl (C=S) groups is 1. The molecule has 2 rings (SSSR count). The molecule has 0 unspecified atom stereocenters. The van der Waals surface area contributed by atoms with Crippen molar-refractivity contribution < 1.29 is 0 Å². The van der Waals surface area contributed by atoms with Crippen LogP contribution in [0.15, 0.2) is 60.7 Å². The van der Waals surface area contributed by atoms with Crippen molar-refractivity contribution in [1.82, 2.24) is 0 Å². The van der Waals surface area contributed by atoms with E-state index in [0.29, 0.717) is 0 Å². The van der Waals surface area contributed by atoms with Crippen molar-refractivity contribution in [2.75, 3.05) is 0 Å². The van der Waals surface area contributed by atoms with Crippen LogP contribution in [0.3, 0.4) is 0 Å². The van der Waals surface area contributed by atoms with Crippen LogP contribution in [0.25, 0.3) is 0 Å². The van der Waals surface area contributed by atoms with E-state index in [9.17, 15) is 0 Å². The van der Waals surface area contributed by atoms with Crippen molar-refractivity contribution in [2.24, 2.45) is 0 Å². The molecule has 16 heavy (non-hydrogen) atoms. The Hall–Kier alpha value is 0.530. The second-order valence-corrected chi connectivity index (χ2v) is 3.47. The van der Waals surface area contributed by atoms with E-state index in [2.05, 4.69) is 0 Å². The van der Waals surface area contributed by atoms with Crippen molar-refractivity contribution in [1.29, 1.82) is 0 Å². The maximum atomic E-state index is 5.39. The van der Waals surface area contributed by atoms with Gasteiger partial charge in [-0.1, -0.05) is 72.9 Å². The molecule has 2 aromatic carbocycles. The third-order valence-corrected chi connectivity index (χ3v) is 2.54. The molecule has 0 atom stereocenters. The van der Waals surface area contributed by atoms with Crippen LogP contribution in [-0.2, 0) is 0 Å². The minimum absolute atomic E-state index is 0. The average Bonchev–Trinajstić information content (AvgIpc) is 2.30. The summed E-state index contributed by atoms with van der Waals surface area (Å²) in [6.45, 7) is 0. The van der Waals surface area contributed by atoms with E-state index in [-0.39, 0.29) is 59.1 Å². The van der Waals surface area contributed by atoms with E-state index in [1.165, 1.54) is 0 Å². The van der Waals surface area contributed by atoms with Gasteiger partial charge in [0.2, 0.25) is 0 Å². The average molecular weight is 246 g/mol. The third kappa shape index (κ3) is 4.42. The summed E-state index contributed by atoms with van der Waals surface area (Å²) in [4.78, 5) is 0.909. The van der Waals surface area contributed by atoms with Gasteiger partial charge in [0.1, 0.15) is 0 Å². The standard InChI is InChI=1S/C13H10S.2Na.2H/c14-13(11-7-3-1-4-8-11)12-9-5-2-6-10-12;;;;/h1-10H;;;;. The number of rotatable bonds is 2. The zero-order valence-corrected chi connectivity index (χ0v) is 8.50. The first-order chi connectivity index (χ1) is 6.88. The first-order valence-electron chi connectivity index (χ1n) is 4.53. The molecule has 0 aliphatic rings. The summed E-state index contributed by atoms with van der Waals surface area (Å²) in [6.07, 6.45) is 0. The van der Waals surface area contributed by atoms with Crippen molar-refractivity contribution in [2.45, 2.75) is 0 Å². The van der Waals surface area contributed by atoms with E-state index in [0.717, 1.165) is 16.0 Å². The van der Waals surface area contributed by atoms with Crippen LogP contribution in [0.5, 0.6) is 0 Å². The Morgan fingerprint density at radius 1 is 0.625 bits per heavy atom. The van der Waals surface area contributed by atoms with Gasteiger partial charge in [-0.05, 0) is 11.1 Å². The summed E-state index contributed by atoms with van der Waals surface area (Å²) < 4.78 is 0. The van der Waals surface area contributed by atoms with Gasteiger partial charge in [-0.3, -0.25) is 0 Å². The fourth-order valence-electron chi connectivity index (χ4n) is 1.35. The molecule has 0 spiro atoms. The van der Waals surface area contributed by atoms with Crippen molar-refractivity contribution in [3.05, 3.63) is 71.8 Å². The SMILES string of the molecule is S=C(c1ccccc1)c1ccccc1.[NaH].[NaH]. The number of hydrogen-bond acceptors (Lipinski definition) is 1. The molecule has 0 aromatic heterocycles. The van der Waals surface area contributed by atoms with Crippen molar-refractivity contribution >= 4 is 76.2 Å². The van der Waals surface area contributed by atoms with Gasteiger partial charge in [-0.25, -0.2) is 0 Å². The topological polar surface area (TPSA) is 0 Å². The van der Waals surface area contributed by atoms with Gasteiger partial charge in [-0.2, -0.15) is 0 Å². The molecule has 0 saturated carbocycles. The van der Waals surface area contributed by atoms with Crippen molar-refractivity contribution in [3.8, 4) is 0 Å². The fraction of sp³-hybridized carbons (Fsp3) is 0. The molecular formula is C13H12Na2S. The van der Waals surface area contributed by atoms with Gasteiger partial charge < -0.3 is 0 Å². The Balaban J connectivity index is 0.00000112. The van der Waals surface area contributed by atoms with Gasteiger partial charge in [0.25, 0.3) is 0 Å². The van der Waals surface area contributed by atoms with Crippen LogP contribution in [-0.4, -0.2) is 64.0 Å². The first kappa shape index (κ1) is 16.5. The molecule has 0 heterocycles. The monoisotopic (exact) mass is 246 g/mol. The summed E-state index contributed by atoms with van der Waals surface area (Å²) in [6, 6.07) is 20.2. The van der Waals surface area contributed by atoms with Crippen LogP contribution < -0.4 is 0 Å². The van der Waals surface area contributed by atoms with E-state index < -0.39 is 0 Å². The summed E-state index contributed by atoms with van der Waals surface area (Å²) in [5.74, 6) is 0. The van der Waals surface area contributed by atoms with E-state index in [1.54, 1.807) is 0 Å². The Morgan fingerprint density at radius 3 is 1.25 bits per heavy atom. The summed E-state index contributed by atoms with van der Waals surface area (Å²) in [5.41, 5.74) is 2.21. The molecule has 0 nitrogen and oxygen atoms in total. The molecule has 0 saturated heterocycles. The van der Waals surface area contributed by atoms with E-state index in [1.807, 2.05) is 60.7 Å². The van der Waals surface area contributed by atoms with Gasteiger partial charge in [0.15, 0.2) is 0 Å². The normalized spacial score (nSPS) is 8.50. The van der Waals surface area contributed by atoms with Crippen LogP contribution in [0.1, 0.15) is 11.1 Å². The van der Waals surface area contributed by atoms with Crippen molar-refractivity contribution in [3.63, 3.8) is 0 Å². The summed E-state index contributed by atoms with van der Waals surface area (Å²) >= 11 is 5.39. The molecule has 0 radical (unpaired) electrons. The molecule has 0 aliphatic heterocycles. The summed E-state index contributed by atoms with van der Waals surface area (Å²) in [7, 11) is 0. The Morgan fingerprint density at radius 2 is 0.938 bits per heavy atom. The van der Waals surface area contributed by atoms with Gasteiger partial charge >= 0.3 is 59.1 Å². The second kappa shape index (κ2) is 8.60. The second-order valence-electron chi connectivity index (χ2n) is 3.06. The Kier molecular flexibility index (Phi) is 8.88.